The number of fused-ring (bicyclic) bond motifs is 1. The molecule has 0 saturated carbocycles. The lowest BCUT2D eigenvalue weighted by Crippen LogP contribution is -2.03. The first kappa shape index (κ1) is 11.7. The van der Waals surface area contributed by atoms with E-state index in [1.165, 1.54) is 0 Å². The van der Waals surface area contributed by atoms with Gasteiger partial charge in [0.15, 0.2) is 0 Å². The minimum atomic E-state index is 0.0395. The average Bonchev–Trinajstić information content (AvgIpc) is 2.79. The van der Waals surface area contributed by atoms with Crippen LogP contribution in [0.2, 0.25) is 0 Å². The van der Waals surface area contributed by atoms with Crippen LogP contribution in [0.5, 0.6) is 5.75 Å². The predicted molar refractivity (Wildman–Crippen MR) is 73.3 cm³/mol. The van der Waals surface area contributed by atoms with Crippen molar-refractivity contribution in [3.05, 3.63) is 41.7 Å². The van der Waals surface area contributed by atoms with Gasteiger partial charge in [0.25, 0.3) is 0 Å². The summed E-state index contributed by atoms with van der Waals surface area (Å²) in [5.74, 6) is 0.754. The molecule has 0 bridgehead atoms. The highest BCUT2D eigenvalue weighted by atomic mass is 16.5. The number of hydrogen-bond acceptors (Lipinski definition) is 3. The van der Waals surface area contributed by atoms with Crippen molar-refractivity contribution in [2.45, 2.75) is 13.3 Å². The fourth-order valence-corrected chi connectivity index (χ4v) is 2.49. The SMILES string of the molecule is COc1cncc(-c2c(C)ccc3c2CC(=O)N3)c1. The highest BCUT2D eigenvalue weighted by Gasteiger charge is 2.22. The molecule has 0 atom stereocenters. The normalized spacial score (nSPS) is 13.1. The van der Waals surface area contributed by atoms with Gasteiger partial charge in [-0.1, -0.05) is 6.07 Å². The molecule has 1 aliphatic rings. The molecule has 19 heavy (non-hydrogen) atoms. The summed E-state index contributed by atoms with van der Waals surface area (Å²) in [6.45, 7) is 2.04. The number of nitrogens with one attached hydrogen (secondary N) is 1. The van der Waals surface area contributed by atoms with E-state index >= 15 is 0 Å². The highest BCUT2D eigenvalue weighted by molar-refractivity contribution is 6.02. The van der Waals surface area contributed by atoms with Crippen molar-refractivity contribution >= 4 is 11.6 Å². The highest BCUT2D eigenvalue weighted by Crippen LogP contribution is 2.36. The topological polar surface area (TPSA) is 51.2 Å². The maximum absolute atomic E-state index is 11.6. The number of carbonyl (C=O) groups excluding carboxylic acids is 1. The van der Waals surface area contributed by atoms with Gasteiger partial charge in [0, 0.05) is 17.4 Å². The number of nitrogens with zero attached hydrogens (tertiary/aromatic N) is 1. The Hall–Kier alpha value is -2.36. The number of ether oxygens (including phenoxy) is 1. The average molecular weight is 254 g/mol. The van der Waals surface area contributed by atoms with Crippen molar-refractivity contribution in [3.63, 3.8) is 0 Å². The fourth-order valence-electron chi connectivity index (χ4n) is 2.49. The first-order valence-electron chi connectivity index (χ1n) is 6.11. The quantitative estimate of drug-likeness (QED) is 0.896. The largest absolute Gasteiger partial charge is 0.495 e. The molecule has 96 valence electrons. The standard InChI is InChI=1S/C15H14N2O2/c1-9-3-4-13-12(6-14(18)17-13)15(9)10-5-11(19-2)8-16-7-10/h3-5,7-8H,6H2,1-2H3,(H,17,18). The van der Waals surface area contributed by atoms with E-state index in [0.717, 1.165) is 27.9 Å². The van der Waals surface area contributed by atoms with Crippen molar-refractivity contribution < 1.29 is 9.53 Å². The Morgan fingerprint density at radius 3 is 2.95 bits per heavy atom. The second-order valence-corrected chi connectivity index (χ2v) is 4.62. The first-order chi connectivity index (χ1) is 9.19. The Morgan fingerprint density at radius 2 is 2.16 bits per heavy atom. The zero-order chi connectivity index (χ0) is 13.4. The van der Waals surface area contributed by atoms with Crippen LogP contribution in [0.4, 0.5) is 5.69 Å². The van der Waals surface area contributed by atoms with Crippen molar-refractivity contribution in [2.75, 3.05) is 12.4 Å². The Labute approximate surface area is 111 Å². The van der Waals surface area contributed by atoms with Crippen molar-refractivity contribution in [2.24, 2.45) is 0 Å². The maximum Gasteiger partial charge on any atom is 0.228 e. The number of rotatable bonds is 2. The molecule has 4 heteroatoms. The van der Waals surface area contributed by atoms with Gasteiger partial charge in [-0.15, -0.1) is 0 Å². The zero-order valence-electron chi connectivity index (χ0n) is 10.9. The lowest BCUT2D eigenvalue weighted by molar-refractivity contribution is -0.115. The Morgan fingerprint density at radius 1 is 1.32 bits per heavy atom. The van der Waals surface area contributed by atoms with Crippen LogP contribution in [0.3, 0.4) is 0 Å². The van der Waals surface area contributed by atoms with Crippen molar-refractivity contribution in [1.82, 2.24) is 4.98 Å². The summed E-state index contributed by atoms with van der Waals surface area (Å²) in [4.78, 5) is 15.8. The van der Waals surface area contributed by atoms with Gasteiger partial charge in [0.05, 0.1) is 19.7 Å². The predicted octanol–water partition coefficient (Wildman–Crippen LogP) is 2.56. The van der Waals surface area contributed by atoms with Crippen molar-refractivity contribution in [3.8, 4) is 16.9 Å². The van der Waals surface area contributed by atoms with Crippen LogP contribution < -0.4 is 10.1 Å². The van der Waals surface area contributed by atoms with Gasteiger partial charge in [0.2, 0.25) is 5.91 Å². The molecule has 1 aromatic heterocycles. The van der Waals surface area contributed by atoms with Crippen LogP contribution in [0.25, 0.3) is 11.1 Å². The number of anilines is 1. The molecule has 3 rings (SSSR count). The van der Waals surface area contributed by atoms with Gasteiger partial charge in [-0.3, -0.25) is 9.78 Å². The van der Waals surface area contributed by atoms with Crippen LogP contribution in [0.15, 0.2) is 30.6 Å². The number of hydrogen-bond donors (Lipinski definition) is 1. The number of pyridine rings is 1. The summed E-state index contributed by atoms with van der Waals surface area (Å²) in [7, 11) is 1.62. The summed E-state index contributed by atoms with van der Waals surface area (Å²) in [5, 5.41) is 2.87. The molecule has 1 N–H and O–H groups in total. The van der Waals surface area contributed by atoms with Gasteiger partial charge < -0.3 is 10.1 Å². The second kappa shape index (κ2) is 4.39. The molecule has 1 aliphatic heterocycles. The molecule has 2 aromatic rings. The summed E-state index contributed by atoms with van der Waals surface area (Å²) < 4.78 is 5.21. The van der Waals surface area contributed by atoms with Gasteiger partial charge >= 0.3 is 0 Å². The molecule has 0 fully saturated rings. The smallest absolute Gasteiger partial charge is 0.228 e. The Kier molecular flexibility index (Phi) is 2.71. The lowest BCUT2D eigenvalue weighted by atomic mass is 9.94. The number of methoxy groups -OCH3 is 1. The second-order valence-electron chi connectivity index (χ2n) is 4.62. The van der Waals surface area contributed by atoms with E-state index in [4.69, 9.17) is 4.74 Å². The van der Waals surface area contributed by atoms with Gasteiger partial charge in [-0.05, 0) is 35.7 Å². The van der Waals surface area contributed by atoms with Crippen LogP contribution in [0, 0.1) is 6.92 Å². The molecular weight excluding hydrogens is 240 g/mol. The molecule has 0 radical (unpaired) electrons. The van der Waals surface area contributed by atoms with Crippen LogP contribution in [-0.4, -0.2) is 18.0 Å². The van der Waals surface area contributed by atoms with Crippen molar-refractivity contribution in [1.29, 1.82) is 0 Å². The van der Waals surface area contributed by atoms with Crippen LogP contribution in [0.1, 0.15) is 11.1 Å². The van der Waals surface area contributed by atoms with E-state index in [1.807, 2.05) is 25.1 Å². The van der Waals surface area contributed by atoms with Crippen LogP contribution >= 0.6 is 0 Å². The van der Waals surface area contributed by atoms with Gasteiger partial charge in [-0.2, -0.15) is 0 Å². The summed E-state index contributed by atoms with van der Waals surface area (Å²) in [6, 6.07) is 5.91. The Bertz CT molecular complexity index is 665. The third-order valence-electron chi connectivity index (χ3n) is 3.37. The third-order valence-corrected chi connectivity index (χ3v) is 3.37. The number of carbonyl (C=O) groups is 1. The number of aromatic nitrogens is 1. The minimum absolute atomic E-state index is 0.0395. The van der Waals surface area contributed by atoms with Crippen LogP contribution in [-0.2, 0) is 11.2 Å². The monoisotopic (exact) mass is 254 g/mol. The van der Waals surface area contributed by atoms with Gasteiger partial charge in [0.1, 0.15) is 5.75 Å². The molecule has 0 spiro atoms. The molecular formula is C15H14N2O2. The van der Waals surface area contributed by atoms with Gasteiger partial charge in [-0.25, -0.2) is 0 Å². The molecule has 2 heterocycles. The number of amides is 1. The van der Waals surface area contributed by atoms with E-state index in [9.17, 15) is 4.79 Å². The molecule has 1 amide bonds. The van der Waals surface area contributed by atoms with E-state index in [1.54, 1.807) is 19.5 Å². The number of aryl methyl sites for hydroxylation is 1. The summed E-state index contributed by atoms with van der Waals surface area (Å²) >= 11 is 0. The summed E-state index contributed by atoms with van der Waals surface area (Å²) in [5.41, 5.74) is 5.12. The molecule has 1 aromatic carbocycles. The minimum Gasteiger partial charge on any atom is -0.495 e. The summed E-state index contributed by atoms with van der Waals surface area (Å²) in [6.07, 6.45) is 3.89. The fraction of sp³-hybridized carbons (Fsp3) is 0.200. The maximum atomic E-state index is 11.6. The zero-order valence-corrected chi connectivity index (χ0v) is 10.9. The Balaban J connectivity index is 2.20. The third kappa shape index (κ3) is 1.95. The first-order valence-corrected chi connectivity index (χ1v) is 6.11. The molecule has 0 aliphatic carbocycles. The molecule has 0 unspecified atom stereocenters. The lowest BCUT2D eigenvalue weighted by Gasteiger charge is -2.12. The molecule has 0 saturated heterocycles. The van der Waals surface area contributed by atoms with E-state index < -0.39 is 0 Å². The van der Waals surface area contributed by atoms with E-state index in [2.05, 4.69) is 10.3 Å². The van der Waals surface area contributed by atoms with E-state index in [-0.39, 0.29) is 5.91 Å². The molecule has 4 nitrogen and oxygen atoms in total. The number of benzene rings is 1. The van der Waals surface area contributed by atoms with E-state index in [0.29, 0.717) is 12.2 Å².